The lowest BCUT2D eigenvalue weighted by atomic mass is 10.2. The Morgan fingerprint density at radius 1 is 1.21 bits per heavy atom. The molecule has 19 heavy (non-hydrogen) atoms. The van der Waals surface area contributed by atoms with Gasteiger partial charge in [0.05, 0.1) is 0 Å². The van der Waals surface area contributed by atoms with Gasteiger partial charge in [0.15, 0.2) is 0 Å². The number of unbranched alkanes of at least 4 members (excludes halogenated alkanes) is 2. The highest BCUT2D eigenvalue weighted by Crippen LogP contribution is 2.22. The van der Waals surface area contributed by atoms with Crippen LogP contribution in [0.3, 0.4) is 0 Å². The summed E-state index contributed by atoms with van der Waals surface area (Å²) in [5, 5.41) is 6.86. The number of aryl methyl sites for hydroxylation is 1. The highest BCUT2D eigenvalue weighted by atomic mass is 15.1. The minimum absolute atomic E-state index is 0.599. The van der Waals surface area contributed by atoms with Gasteiger partial charge >= 0.3 is 0 Å². The van der Waals surface area contributed by atoms with E-state index in [9.17, 15) is 0 Å². The van der Waals surface area contributed by atoms with Gasteiger partial charge in [0.1, 0.15) is 5.82 Å². The van der Waals surface area contributed by atoms with E-state index in [-0.39, 0.29) is 0 Å². The average molecular weight is 262 g/mol. The van der Waals surface area contributed by atoms with E-state index in [1.165, 1.54) is 44.9 Å². The van der Waals surface area contributed by atoms with E-state index in [0.717, 1.165) is 24.0 Å². The average Bonchev–Trinajstić information content (AvgIpc) is 2.87. The van der Waals surface area contributed by atoms with Gasteiger partial charge in [-0.15, -0.1) is 0 Å². The molecule has 0 unspecified atom stereocenters. The van der Waals surface area contributed by atoms with Crippen molar-refractivity contribution in [3.05, 3.63) is 11.8 Å². The third-order valence-electron chi connectivity index (χ3n) is 3.62. The molecule has 1 aliphatic carbocycles. The summed E-state index contributed by atoms with van der Waals surface area (Å²) >= 11 is 0. The molecule has 1 aromatic heterocycles. The van der Waals surface area contributed by atoms with Crippen LogP contribution in [0.15, 0.2) is 6.07 Å². The maximum absolute atomic E-state index is 4.56. The van der Waals surface area contributed by atoms with Crippen molar-refractivity contribution >= 4 is 11.8 Å². The summed E-state index contributed by atoms with van der Waals surface area (Å²) in [6.07, 6.45) is 8.88. The van der Waals surface area contributed by atoms with E-state index < -0.39 is 0 Å². The second kappa shape index (κ2) is 7.31. The molecule has 1 aromatic rings. The summed E-state index contributed by atoms with van der Waals surface area (Å²) in [4.78, 5) is 9.01. The van der Waals surface area contributed by atoms with Crippen LogP contribution in [0.4, 0.5) is 11.8 Å². The molecule has 0 radical (unpaired) electrons. The molecule has 4 nitrogen and oxygen atoms in total. The molecule has 0 spiro atoms. The monoisotopic (exact) mass is 262 g/mol. The van der Waals surface area contributed by atoms with Gasteiger partial charge in [-0.25, -0.2) is 4.98 Å². The second-order valence-electron chi connectivity index (χ2n) is 5.48. The van der Waals surface area contributed by atoms with E-state index >= 15 is 0 Å². The van der Waals surface area contributed by atoms with Crippen molar-refractivity contribution in [3.8, 4) is 0 Å². The number of anilines is 2. The molecule has 1 fully saturated rings. The summed E-state index contributed by atoms with van der Waals surface area (Å²) in [5.41, 5.74) is 1.02. The van der Waals surface area contributed by atoms with Crippen LogP contribution in [0.2, 0.25) is 0 Å². The number of aromatic nitrogens is 2. The first-order chi connectivity index (χ1) is 9.28. The molecule has 0 saturated heterocycles. The summed E-state index contributed by atoms with van der Waals surface area (Å²) in [6, 6.07) is 2.64. The molecule has 1 saturated carbocycles. The molecule has 0 atom stereocenters. The fourth-order valence-electron chi connectivity index (χ4n) is 2.58. The van der Waals surface area contributed by atoms with Crippen LogP contribution < -0.4 is 10.6 Å². The molecule has 1 aliphatic rings. The van der Waals surface area contributed by atoms with Crippen LogP contribution in [-0.2, 0) is 0 Å². The largest absolute Gasteiger partial charge is 0.367 e. The zero-order valence-corrected chi connectivity index (χ0v) is 12.2. The number of hydrogen-bond donors (Lipinski definition) is 2. The van der Waals surface area contributed by atoms with Crippen LogP contribution in [0.1, 0.15) is 57.6 Å². The van der Waals surface area contributed by atoms with Crippen molar-refractivity contribution in [2.75, 3.05) is 17.2 Å². The normalized spacial score (nSPS) is 15.7. The van der Waals surface area contributed by atoms with Crippen molar-refractivity contribution in [2.45, 2.75) is 64.8 Å². The molecule has 0 aliphatic heterocycles. The minimum Gasteiger partial charge on any atom is -0.367 e. The van der Waals surface area contributed by atoms with Gasteiger partial charge in [0.2, 0.25) is 5.95 Å². The molecule has 1 heterocycles. The highest BCUT2D eigenvalue weighted by Gasteiger charge is 2.15. The van der Waals surface area contributed by atoms with Crippen molar-refractivity contribution in [1.29, 1.82) is 0 Å². The fourth-order valence-corrected chi connectivity index (χ4v) is 2.58. The van der Waals surface area contributed by atoms with Crippen LogP contribution in [0.5, 0.6) is 0 Å². The maximum atomic E-state index is 4.56. The van der Waals surface area contributed by atoms with Gasteiger partial charge in [0, 0.05) is 24.3 Å². The van der Waals surface area contributed by atoms with Crippen LogP contribution in [0, 0.1) is 6.92 Å². The predicted molar refractivity (Wildman–Crippen MR) is 80.7 cm³/mol. The number of nitrogens with zero attached hydrogens (tertiary/aromatic N) is 2. The molecule has 4 heteroatoms. The molecular formula is C15H26N4. The Kier molecular flexibility index (Phi) is 5.43. The molecule has 0 bridgehead atoms. The van der Waals surface area contributed by atoms with Gasteiger partial charge < -0.3 is 10.6 Å². The van der Waals surface area contributed by atoms with Gasteiger partial charge in [-0.3, -0.25) is 0 Å². The molecular weight excluding hydrogens is 236 g/mol. The van der Waals surface area contributed by atoms with Crippen LogP contribution >= 0.6 is 0 Å². The van der Waals surface area contributed by atoms with Gasteiger partial charge in [-0.1, -0.05) is 32.6 Å². The predicted octanol–water partition coefficient (Wildman–Crippen LogP) is 3.74. The SMILES string of the molecule is CCCCCNc1nc(C)cc(NC2CCCC2)n1. The van der Waals surface area contributed by atoms with Crippen molar-refractivity contribution in [3.63, 3.8) is 0 Å². The number of hydrogen-bond acceptors (Lipinski definition) is 4. The van der Waals surface area contributed by atoms with Gasteiger partial charge in [-0.05, 0) is 26.2 Å². The van der Waals surface area contributed by atoms with Crippen molar-refractivity contribution in [1.82, 2.24) is 9.97 Å². The third-order valence-corrected chi connectivity index (χ3v) is 3.62. The molecule has 106 valence electrons. The van der Waals surface area contributed by atoms with E-state index in [0.29, 0.717) is 6.04 Å². The van der Waals surface area contributed by atoms with E-state index in [4.69, 9.17) is 0 Å². The summed E-state index contributed by atoms with van der Waals surface area (Å²) < 4.78 is 0. The Hall–Kier alpha value is -1.32. The Labute approximate surface area is 116 Å². The lowest BCUT2D eigenvalue weighted by Gasteiger charge is -2.14. The summed E-state index contributed by atoms with van der Waals surface area (Å²) in [7, 11) is 0. The Morgan fingerprint density at radius 2 is 2.00 bits per heavy atom. The number of rotatable bonds is 7. The maximum Gasteiger partial charge on any atom is 0.224 e. The number of nitrogens with one attached hydrogen (secondary N) is 2. The Bertz CT molecular complexity index is 386. The Balaban J connectivity index is 1.90. The third kappa shape index (κ3) is 4.69. The zero-order valence-electron chi connectivity index (χ0n) is 12.2. The standard InChI is InChI=1S/C15H26N4/c1-3-4-7-10-16-15-17-12(2)11-14(19-15)18-13-8-5-6-9-13/h11,13H,3-10H2,1-2H3,(H2,16,17,18,19). The van der Waals surface area contributed by atoms with E-state index in [1.54, 1.807) is 0 Å². The van der Waals surface area contributed by atoms with E-state index in [2.05, 4.69) is 27.5 Å². The van der Waals surface area contributed by atoms with Crippen molar-refractivity contribution < 1.29 is 0 Å². The smallest absolute Gasteiger partial charge is 0.224 e. The first-order valence-corrected chi connectivity index (χ1v) is 7.64. The summed E-state index contributed by atoms with van der Waals surface area (Å²) in [6.45, 7) is 5.20. The fraction of sp³-hybridized carbons (Fsp3) is 0.733. The summed E-state index contributed by atoms with van der Waals surface area (Å²) in [5.74, 6) is 1.73. The lowest BCUT2D eigenvalue weighted by Crippen LogP contribution is -2.17. The minimum atomic E-state index is 0.599. The first kappa shape index (κ1) is 14.1. The van der Waals surface area contributed by atoms with Gasteiger partial charge in [0.25, 0.3) is 0 Å². The molecule has 2 rings (SSSR count). The highest BCUT2D eigenvalue weighted by molar-refractivity contribution is 5.43. The van der Waals surface area contributed by atoms with Gasteiger partial charge in [-0.2, -0.15) is 4.98 Å². The van der Waals surface area contributed by atoms with Crippen LogP contribution in [0.25, 0.3) is 0 Å². The first-order valence-electron chi connectivity index (χ1n) is 7.64. The van der Waals surface area contributed by atoms with E-state index in [1.807, 2.05) is 13.0 Å². The van der Waals surface area contributed by atoms with Crippen LogP contribution in [-0.4, -0.2) is 22.6 Å². The quantitative estimate of drug-likeness (QED) is 0.735. The lowest BCUT2D eigenvalue weighted by molar-refractivity contribution is 0.737. The topological polar surface area (TPSA) is 49.8 Å². The molecule has 0 aromatic carbocycles. The molecule has 0 amide bonds. The Morgan fingerprint density at radius 3 is 2.74 bits per heavy atom. The zero-order chi connectivity index (χ0) is 13.5. The molecule has 2 N–H and O–H groups in total. The second-order valence-corrected chi connectivity index (χ2v) is 5.48. The van der Waals surface area contributed by atoms with Crippen molar-refractivity contribution in [2.24, 2.45) is 0 Å².